The zero-order valence-electron chi connectivity index (χ0n) is 28.7. The molecule has 50 heavy (non-hydrogen) atoms. The predicted molar refractivity (Wildman–Crippen MR) is 181 cm³/mol. The van der Waals surface area contributed by atoms with Crippen molar-refractivity contribution in [1.82, 2.24) is 35.0 Å². The Labute approximate surface area is 290 Å². The van der Waals surface area contributed by atoms with Gasteiger partial charge < -0.3 is 26.8 Å². The first-order valence-electron chi connectivity index (χ1n) is 17.7. The predicted octanol–water partition coefficient (Wildman–Crippen LogP) is 2.18. The fourth-order valence-electron chi connectivity index (χ4n) is 8.33. The molecule has 2 aliphatic carbocycles. The van der Waals surface area contributed by atoms with E-state index in [0.29, 0.717) is 35.9 Å². The molecule has 6 N–H and O–H groups in total. The standard InChI is InChI=1S/C35H47N9O6/c1-34(2,50)27-19-38-41-43(27)23-17-25(32(48)40-35(29(45)31(37)47)14-7-4-8-15-35)42(20-23)33(49)26(16-21-10-5-3-6-11-21)44-28-22(18-39-44)12-9-13-24(28)30(36)46/h9,12-13,18-19,21,23,25-26,50H,3-8,10-11,14-17,20H2,1-2H3,(H2,36,46)(H2,37,47)(H,40,48)/t23-,25-,26+/m0/s1. The summed E-state index contributed by atoms with van der Waals surface area (Å²) in [5, 5.41) is 27.4. The molecule has 2 saturated carbocycles. The number of amides is 4. The second kappa shape index (κ2) is 13.9. The molecule has 3 atom stereocenters. The number of aliphatic hydroxyl groups is 1. The van der Waals surface area contributed by atoms with Gasteiger partial charge in [0.1, 0.15) is 23.2 Å². The second-order valence-electron chi connectivity index (χ2n) is 14.8. The van der Waals surface area contributed by atoms with Crippen LogP contribution in [0.4, 0.5) is 0 Å². The topological polar surface area (TPSA) is 221 Å². The number of rotatable bonds is 11. The monoisotopic (exact) mass is 689 g/mol. The number of hydrogen-bond acceptors (Lipinski definition) is 9. The van der Waals surface area contributed by atoms with E-state index in [0.717, 1.165) is 38.5 Å². The van der Waals surface area contributed by atoms with Crippen molar-refractivity contribution in [3.63, 3.8) is 0 Å². The van der Waals surface area contributed by atoms with Gasteiger partial charge in [0.25, 0.3) is 11.8 Å². The molecule has 1 aliphatic heterocycles. The number of para-hydroxylation sites is 1. The summed E-state index contributed by atoms with van der Waals surface area (Å²) in [6.07, 6.45) is 11.3. The van der Waals surface area contributed by atoms with Gasteiger partial charge in [0.15, 0.2) is 0 Å². The number of carbonyl (C=O) groups is 5. The van der Waals surface area contributed by atoms with Crippen molar-refractivity contribution >= 4 is 40.3 Å². The van der Waals surface area contributed by atoms with E-state index < -0.39 is 52.8 Å². The van der Waals surface area contributed by atoms with Crippen LogP contribution in [0.2, 0.25) is 0 Å². The lowest BCUT2D eigenvalue weighted by molar-refractivity contribution is -0.146. The Morgan fingerprint density at radius 3 is 2.38 bits per heavy atom. The first-order chi connectivity index (χ1) is 23.8. The zero-order chi connectivity index (χ0) is 35.8. The average Bonchev–Trinajstić information content (AvgIpc) is 3.86. The maximum Gasteiger partial charge on any atom is 0.287 e. The molecule has 15 nitrogen and oxygen atoms in total. The molecule has 4 amide bonds. The summed E-state index contributed by atoms with van der Waals surface area (Å²) in [5.74, 6) is -3.38. The van der Waals surface area contributed by atoms with Gasteiger partial charge in [0, 0.05) is 18.4 Å². The van der Waals surface area contributed by atoms with E-state index in [9.17, 15) is 24.3 Å². The van der Waals surface area contributed by atoms with Gasteiger partial charge in [-0.2, -0.15) is 5.10 Å². The number of Topliss-reactive ketones (excluding diaryl/α,β-unsaturated/α-hetero) is 1. The maximum absolute atomic E-state index is 15.1. The lowest BCUT2D eigenvalue weighted by atomic mass is 9.78. The fourth-order valence-corrected chi connectivity index (χ4v) is 8.33. The third-order valence-corrected chi connectivity index (χ3v) is 10.9. The minimum Gasteiger partial charge on any atom is -0.384 e. The van der Waals surface area contributed by atoms with Gasteiger partial charge in [-0.15, -0.1) is 5.10 Å². The van der Waals surface area contributed by atoms with E-state index >= 15 is 4.79 Å². The number of primary amides is 2. The Bertz CT molecular complexity index is 1780. The number of likely N-dealkylation sites (tertiary alicyclic amines) is 1. The summed E-state index contributed by atoms with van der Waals surface area (Å²) in [6.45, 7) is 3.25. The van der Waals surface area contributed by atoms with Gasteiger partial charge in [-0.3, -0.25) is 28.7 Å². The smallest absolute Gasteiger partial charge is 0.287 e. The molecule has 2 aromatic heterocycles. The van der Waals surface area contributed by atoms with Crippen molar-refractivity contribution in [1.29, 1.82) is 0 Å². The van der Waals surface area contributed by atoms with Crippen LogP contribution < -0.4 is 16.8 Å². The number of benzene rings is 1. The molecule has 1 aromatic carbocycles. The number of hydrogen-bond donors (Lipinski definition) is 4. The van der Waals surface area contributed by atoms with E-state index in [-0.39, 0.29) is 43.2 Å². The van der Waals surface area contributed by atoms with Crippen LogP contribution in [0.1, 0.15) is 119 Å². The molecule has 3 aromatic rings. The molecule has 3 aliphatic rings. The number of ketones is 1. The van der Waals surface area contributed by atoms with Crippen LogP contribution in [0.5, 0.6) is 0 Å². The van der Waals surface area contributed by atoms with Crippen LogP contribution in [0.15, 0.2) is 30.6 Å². The highest BCUT2D eigenvalue weighted by Crippen LogP contribution is 2.38. The van der Waals surface area contributed by atoms with Gasteiger partial charge in [-0.1, -0.05) is 68.7 Å². The van der Waals surface area contributed by atoms with Crippen LogP contribution in [-0.2, 0) is 24.8 Å². The normalized spacial score (nSPS) is 21.9. The molecule has 1 saturated heterocycles. The summed E-state index contributed by atoms with van der Waals surface area (Å²) in [4.78, 5) is 69.0. The van der Waals surface area contributed by atoms with Crippen molar-refractivity contribution in [2.75, 3.05) is 6.54 Å². The van der Waals surface area contributed by atoms with E-state index in [1.807, 2.05) is 0 Å². The number of nitrogens with zero attached hydrogens (tertiary/aromatic N) is 6. The van der Waals surface area contributed by atoms with E-state index in [1.165, 1.54) is 11.1 Å². The third kappa shape index (κ3) is 6.74. The Morgan fingerprint density at radius 2 is 1.72 bits per heavy atom. The molecule has 0 radical (unpaired) electrons. The third-order valence-electron chi connectivity index (χ3n) is 10.9. The van der Waals surface area contributed by atoms with Crippen LogP contribution in [-0.4, -0.2) is 82.3 Å². The molecular weight excluding hydrogens is 642 g/mol. The first kappa shape index (κ1) is 35.2. The van der Waals surface area contributed by atoms with E-state index in [2.05, 4.69) is 20.7 Å². The fraction of sp³-hybridized carbons (Fsp3) is 0.600. The molecule has 15 heteroatoms. The summed E-state index contributed by atoms with van der Waals surface area (Å²) >= 11 is 0. The van der Waals surface area contributed by atoms with Crippen molar-refractivity contribution in [2.24, 2.45) is 17.4 Å². The maximum atomic E-state index is 15.1. The van der Waals surface area contributed by atoms with E-state index in [4.69, 9.17) is 11.5 Å². The molecule has 0 bridgehead atoms. The Balaban J connectivity index is 1.42. The number of carbonyl (C=O) groups excluding carboxylic acids is 5. The van der Waals surface area contributed by atoms with Crippen LogP contribution in [0.3, 0.4) is 0 Å². The number of nitrogens with one attached hydrogen (secondary N) is 1. The Morgan fingerprint density at radius 1 is 1.02 bits per heavy atom. The highest BCUT2D eigenvalue weighted by Gasteiger charge is 2.49. The molecule has 0 spiro atoms. The number of aromatic nitrogens is 5. The van der Waals surface area contributed by atoms with E-state index in [1.54, 1.807) is 47.6 Å². The number of fused-ring (bicyclic) bond motifs is 1. The lowest BCUT2D eigenvalue weighted by Crippen LogP contribution is -2.62. The van der Waals surface area contributed by atoms with Gasteiger partial charge in [0.2, 0.25) is 17.6 Å². The van der Waals surface area contributed by atoms with Crippen LogP contribution >= 0.6 is 0 Å². The summed E-state index contributed by atoms with van der Waals surface area (Å²) in [6, 6.07) is 2.61. The quantitative estimate of drug-likeness (QED) is 0.216. The Hall–Kier alpha value is -4.66. The summed E-state index contributed by atoms with van der Waals surface area (Å²) in [7, 11) is 0. The largest absolute Gasteiger partial charge is 0.384 e. The van der Waals surface area contributed by atoms with Crippen molar-refractivity contribution in [3.8, 4) is 0 Å². The van der Waals surface area contributed by atoms with Gasteiger partial charge >= 0.3 is 0 Å². The van der Waals surface area contributed by atoms with Gasteiger partial charge in [-0.25, -0.2) is 4.68 Å². The number of nitrogens with two attached hydrogens (primary N) is 2. The molecule has 268 valence electrons. The molecule has 6 rings (SSSR count). The van der Waals surface area contributed by atoms with Gasteiger partial charge in [-0.05, 0) is 45.1 Å². The minimum absolute atomic E-state index is 0.0448. The zero-order valence-corrected chi connectivity index (χ0v) is 28.7. The SMILES string of the molecule is CC(C)(O)c1cnnn1[C@H]1C[C@@H](C(=O)NC2(C(=O)C(N)=O)CCCCC2)N(C(=O)[C@@H](CC2CCCCC2)n2ncc3cccc(C(N)=O)c32)C1. The second-order valence-corrected chi connectivity index (χ2v) is 14.8. The minimum atomic E-state index is -1.46. The highest BCUT2D eigenvalue weighted by molar-refractivity contribution is 6.39. The molecule has 3 heterocycles. The van der Waals surface area contributed by atoms with Crippen LogP contribution in [0, 0.1) is 5.92 Å². The van der Waals surface area contributed by atoms with Crippen molar-refractivity contribution in [3.05, 3.63) is 41.9 Å². The van der Waals surface area contributed by atoms with Gasteiger partial charge in [0.05, 0.1) is 35.2 Å². The average molecular weight is 690 g/mol. The molecular formula is C35H47N9O6. The molecule has 0 unspecified atom stereocenters. The lowest BCUT2D eigenvalue weighted by Gasteiger charge is -2.38. The molecule has 3 fully saturated rings. The summed E-state index contributed by atoms with van der Waals surface area (Å²) in [5.41, 5.74) is 9.57. The van der Waals surface area contributed by atoms with Crippen molar-refractivity contribution in [2.45, 2.75) is 120 Å². The highest BCUT2D eigenvalue weighted by atomic mass is 16.3. The Kier molecular flexibility index (Phi) is 9.80. The van der Waals surface area contributed by atoms with Crippen molar-refractivity contribution < 1.29 is 29.1 Å². The first-order valence-corrected chi connectivity index (χ1v) is 17.7. The van der Waals surface area contributed by atoms with Crippen LogP contribution in [0.25, 0.3) is 10.9 Å². The summed E-state index contributed by atoms with van der Waals surface area (Å²) < 4.78 is 3.12.